The van der Waals surface area contributed by atoms with E-state index in [0.29, 0.717) is 46.8 Å². The second-order valence-corrected chi connectivity index (χ2v) is 9.19. The van der Waals surface area contributed by atoms with Gasteiger partial charge in [0, 0.05) is 44.5 Å². The fraction of sp³-hybridized carbons (Fsp3) is 0.565. The Hall–Kier alpha value is -1.99. The highest BCUT2D eigenvalue weighted by atomic mass is 35.5. The van der Waals surface area contributed by atoms with Crippen LogP contribution in [0, 0.1) is 11.8 Å². The third-order valence-electron chi connectivity index (χ3n) is 6.57. The van der Waals surface area contributed by atoms with Gasteiger partial charge in [0.15, 0.2) is 0 Å². The van der Waals surface area contributed by atoms with E-state index in [4.69, 9.17) is 21.7 Å². The quantitative estimate of drug-likeness (QED) is 0.670. The van der Waals surface area contributed by atoms with Crippen LogP contribution in [0.3, 0.4) is 0 Å². The van der Waals surface area contributed by atoms with Crippen LogP contribution in [0.4, 0.5) is 14.6 Å². The van der Waals surface area contributed by atoms with Gasteiger partial charge in [-0.2, -0.15) is 0 Å². The van der Waals surface area contributed by atoms with E-state index in [9.17, 15) is 13.6 Å². The number of fused-ring (bicyclic) bond motifs is 1. The zero-order valence-electron chi connectivity index (χ0n) is 17.4. The van der Waals surface area contributed by atoms with Crippen LogP contribution in [0.5, 0.6) is 0 Å². The average Bonchev–Trinajstić information content (AvgIpc) is 3.21. The highest BCUT2D eigenvalue weighted by Gasteiger charge is 2.35. The third kappa shape index (κ3) is 5.09. The lowest BCUT2D eigenvalue weighted by Gasteiger charge is -2.28. The molecule has 0 spiro atoms. The van der Waals surface area contributed by atoms with Crippen LogP contribution in [0.2, 0.25) is 5.02 Å². The Morgan fingerprint density at radius 2 is 1.97 bits per heavy atom. The molecule has 1 saturated carbocycles. The third-order valence-corrected chi connectivity index (χ3v) is 6.88. The van der Waals surface area contributed by atoms with E-state index < -0.39 is 5.92 Å². The molecular formula is C23H28ClF2N3O2. The normalized spacial score (nSPS) is 21.5. The minimum Gasteiger partial charge on any atom is -0.396 e. The van der Waals surface area contributed by atoms with E-state index in [1.54, 1.807) is 6.07 Å². The summed E-state index contributed by atoms with van der Waals surface area (Å²) in [6, 6.07) is 7.26. The molecule has 2 aliphatic rings. The van der Waals surface area contributed by atoms with Gasteiger partial charge >= 0.3 is 0 Å². The number of hydrogen-bond acceptors (Lipinski definition) is 4. The summed E-state index contributed by atoms with van der Waals surface area (Å²) >= 11 is 6.36. The number of carbonyl (C=O) groups is 1. The SMILES string of the molecule is O=C(NCC1CCC(F)(F)CC1)c1c(Cl)ccc2nc(N3CCC(CCO)C3)ccc12. The van der Waals surface area contributed by atoms with Gasteiger partial charge < -0.3 is 15.3 Å². The zero-order valence-corrected chi connectivity index (χ0v) is 18.2. The van der Waals surface area contributed by atoms with Gasteiger partial charge in [0.2, 0.25) is 5.92 Å². The molecule has 2 heterocycles. The molecule has 1 unspecified atom stereocenters. The number of halogens is 3. The van der Waals surface area contributed by atoms with Crippen molar-refractivity contribution in [3.05, 3.63) is 34.9 Å². The lowest BCUT2D eigenvalue weighted by Crippen LogP contribution is -2.34. The highest BCUT2D eigenvalue weighted by Crippen LogP contribution is 2.36. The summed E-state index contributed by atoms with van der Waals surface area (Å²) in [5.41, 5.74) is 1.06. The number of rotatable bonds is 6. The molecule has 8 heteroatoms. The number of nitrogens with one attached hydrogen (secondary N) is 1. The second-order valence-electron chi connectivity index (χ2n) is 8.78. The van der Waals surface area contributed by atoms with Crippen LogP contribution >= 0.6 is 11.6 Å². The number of benzene rings is 1. The number of aromatic nitrogens is 1. The molecule has 1 aliphatic carbocycles. The number of pyridine rings is 1. The molecule has 31 heavy (non-hydrogen) atoms. The Balaban J connectivity index is 1.47. The van der Waals surface area contributed by atoms with Gasteiger partial charge in [-0.05, 0) is 61.8 Å². The van der Waals surface area contributed by atoms with Crippen molar-refractivity contribution in [1.82, 2.24) is 10.3 Å². The Morgan fingerprint density at radius 1 is 1.19 bits per heavy atom. The minimum absolute atomic E-state index is 0.0593. The maximum atomic E-state index is 13.3. The predicted molar refractivity (Wildman–Crippen MR) is 118 cm³/mol. The molecule has 4 rings (SSSR count). The minimum atomic E-state index is -2.57. The van der Waals surface area contributed by atoms with Gasteiger partial charge in [0.05, 0.1) is 16.1 Å². The predicted octanol–water partition coefficient (Wildman–Crippen LogP) is 4.65. The summed E-state index contributed by atoms with van der Waals surface area (Å²) in [6.45, 7) is 2.32. The number of amides is 1. The fourth-order valence-electron chi connectivity index (χ4n) is 4.66. The molecule has 1 atom stereocenters. The molecule has 2 fully saturated rings. The number of nitrogens with zero attached hydrogens (tertiary/aromatic N) is 2. The van der Waals surface area contributed by atoms with Crippen molar-refractivity contribution in [2.24, 2.45) is 11.8 Å². The molecule has 1 amide bonds. The Labute approximate surface area is 185 Å². The Kier molecular flexibility index (Phi) is 6.63. The van der Waals surface area contributed by atoms with Crippen LogP contribution in [-0.2, 0) is 0 Å². The first kappa shape index (κ1) is 22.2. The maximum absolute atomic E-state index is 13.3. The van der Waals surface area contributed by atoms with Crippen molar-refractivity contribution in [1.29, 1.82) is 0 Å². The van der Waals surface area contributed by atoms with Crippen molar-refractivity contribution in [3.63, 3.8) is 0 Å². The summed E-state index contributed by atoms with van der Waals surface area (Å²) in [4.78, 5) is 19.8. The van der Waals surface area contributed by atoms with E-state index in [1.165, 1.54) is 0 Å². The maximum Gasteiger partial charge on any atom is 0.253 e. The van der Waals surface area contributed by atoms with Crippen LogP contribution in [-0.4, -0.2) is 48.2 Å². The first-order valence-electron chi connectivity index (χ1n) is 11.0. The molecule has 1 aromatic heterocycles. The number of aliphatic hydroxyl groups is 1. The van der Waals surface area contributed by atoms with Gasteiger partial charge in [-0.1, -0.05) is 11.6 Å². The van der Waals surface area contributed by atoms with Crippen LogP contribution < -0.4 is 10.2 Å². The number of hydrogen-bond donors (Lipinski definition) is 2. The van der Waals surface area contributed by atoms with Gasteiger partial charge in [0.25, 0.3) is 5.91 Å². The second kappa shape index (κ2) is 9.25. The van der Waals surface area contributed by atoms with Gasteiger partial charge in [-0.25, -0.2) is 13.8 Å². The number of carbonyl (C=O) groups excluding carboxylic acids is 1. The van der Waals surface area contributed by atoms with Gasteiger partial charge in [-0.15, -0.1) is 0 Å². The molecular weight excluding hydrogens is 424 g/mol. The monoisotopic (exact) mass is 451 g/mol. The van der Waals surface area contributed by atoms with E-state index in [2.05, 4.69) is 10.2 Å². The molecule has 1 saturated heterocycles. The molecule has 0 bridgehead atoms. The summed E-state index contributed by atoms with van der Waals surface area (Å²) in [7, 11) is 0. The van der Waals surface area contributed by atoms with E-state index >= 15 is 0 Å². The largest absolute Gasteiger partial charge is 0.396 e. The van der Waals surface area contributed by atoms with E-state index in [0.717, 1.165) is 31.7 Å². The van der Waals surface area contributed by atoms with Crippen molar-refractivity contribution >= 4 is 34.2 Å². The average molecular weight is 452 g/mol. The lowest BCUT2D eigenvalue weighted by atomic mass is 9.87. The summed E-state index contributed by atoms with van der Waals surface area (Å²) < 4.78 is 26.7. The topological polar surface area (TPSA) is 65.5 Å². The van der Waals surface area contributed by atoms with Crippen molar-refractivity contribution < 1.29 is 18.7 Å². The van der Waals surface area contributed by atoms with Crippen molar-refractivity contribution in [2.75, 3.05) is 31.1 Å². The first-order valence-corrected chi connectivity index (χ1v) is 11.4. The number of anilines is 1. The number of aliphatic hydroxyl groups excluding tert-OH is 1. The fourth-order valence-corrected chi connectivity index (χ4v) is 4.91. The number of alkyl halides is 2. The Morgan fingerprint density at radius 3 is 2.71 bits per heavy atom. The summed E-state index contributed by atoms with van der Waals surface area (Å²) in [5.74, 6) is -1.50. The van der Waals surface area contributed by atoms with Crippen LogP contribution in [0.25, 0.3) is 10.9 Å². The molecule has 0 radical (unpaired) electrons. The lowest BCUT2D eigenvalue weighted by molar-refractivity contribution is -0.0452. The highest BCUT2D eigenvalue weighted by molar-refractivity contribution is 6.35. The van der Waals surface area contributed by atoms with E-state index in [1.807, 2.05) is 18.2 Å². The van der Waals surface area contributed by atoms with Crippen LogP contribution in [0.15, 0.2) is 24.3 Å². The smallest absolute Gasteiger partial charge is 0.253 e. The van der Waals surface area contributed by atoms with Crippen molar-refractivity contribution in [3.8, 4) is 0 Å². The zero-order chi connectivity index (χ0) is 22.0. The van der Waals surface area contributed by atoms with Gasteiger partial charge in [0.1, 0.15) is 5.82 Å². The molecule has 5 nitrogen and oxygen atoms in total. The van der Waals surface area contributed by atoms with Crippen molar-refractivity contribution in [2.45, 2.75) is 44.4 Å². The molecule has 2 N–H and O–H groups in total. The molecule has 168 valence electrons. The summed E-state index contributed by atoms with van der Waals surface area (Å²) in [5, 5.41) is 13.1. The van der Waals surface area contributed by atoms with Gasteiger partial charge in [-0.3, -0.25) is 4.79 Å². The molecule has 1 aromatic carbocycles. The molecule has 2 aromatic rings. The first-order chi connectivity index (χ1) is 14.9. The van der Waals surface area contributed by atoms with Crippen LogP contribution in [0.1, 0.15) is 48.9 Å². The standard InChI is InChI=1S/C23H28ClF2N3O2/c24-18-2-3-19-17(1-4-20(28-19)29-11-7-16(14-29)8-12-30)21(18)22(31)27-13-15-5-9-23(25,26)10-6-15/h1-4,15-16,30H,5-14H2,(H,27,31). The van der Waals surface area contributed by atoms with E-state index in [-0.39, 0.29) is 31.3 Å². The Bertz CT molecular complexity index is 946. The molecule has 1 aliphatic heterocycles. The summed E-state index contributed by atoms with van der Waals surface area (Å²) in [6.07, 6.45) is 2.41.